The summed E-state index contributed by atoms with van der Waals surface area (Å²) in [5.41, 5.74) is 0. The van der Waals surface area contributed by atoms with Gasteiger partial charge in [0.1, 0.15) is 6.10 Å². The summed E-state index contributed by atoms with van der Waals surface area (Å²) in [5, 5.41) is 9.45. The van der Waals surface area contributed by atoms with Gasteiger partial charge >= 0.3 is 0 Å². The highest BCUT2D eigenvalue weighted by molar-refractivity contribution is 6.21. The van der Waals surface area contributed by atoms with Crippen molar-refractivity contribution in [3.05, 3.63) is 0 Å². The fraction of sp³-hybridized carbons (Fsp3) is 0.913. The fourth-order valence-electron chi connectivity index (χ4n) is 4.64. The first-order valence-corrected chi connectivity index (χ1v) is 11.8. The van der Waals surface area contributed by atoms with Crippen LogP contribution in [0.1, 0.15) is 103 Å². The summed E-state index contributed by atoms with van der Waals surface area (Å²) in [7, 11) is 0. The predicted molar refractivity (Wildman–Crippen MR) is 111 cm³/mol. The van der Waals surface area contributed by atoms with Crippen LogP contribution in [0, 0.1) is 23.2 Å². The fourth-order valence-corrected chi connectivity index (χ4v) is 5.05. The molecule has 3 fully saturated rings. The first kappa shape index (κ1) is 22.7. The first-order valence-electron chi connectivity index (χ1n) is 11.4. The summed E-state index contributed by atoms with van der Waals surface area (Å²) in [6.45, 7) is 2.24. The molecule has 2 aliphatic heterocycles. The monoisotopic (exact) mass is 395 g/mol. The standard InChI is InChI=1S/C23H38ClNO2/c1-2-3-4-5-6-7-8-11-18(17-25)12-9-10-13-21(26)23-19-14-15-22(27-23)20(24)16-19/h18-20,22-23H,2-16H2,1H3. The zero-order valence-corrected chi connectivity index (χ0v) is 17.9. The van der Waals surface area contributed by atoms with Crippen LogP contribution in [-0.4, -0.2) is 23.4 Å². The van der Waals surface area contributed by atoms with Crippen molar-refractivity contribution >= 4 is 17.4 Å². The molecule has 27 heavy (non-hydrogen) atoms. The minimum Gasteiger partial charge on any atom is -0.365 e. The number of carbonyl (C=O) groups is 1. The van der Waals surface area contributed by atoms with Gasteiger partial charge in [-0.1, -0.05) is 58.3 Å². The van der Waals surface area contributed by atoms with E-state index >= 15 is 0 Å². The van der Waals surface area contributed by atoms with Gasteiger partial charge in [0.2, 0.25) is 0 Å². The van der Waals surface area contributed by atoms with Crippen LogP contribution in [0.5, 0.6) is 0 Å². The van der Waals surface area contributed by atoms with Gasteiger partial charge in [-0.15, -0.1) is 11.6 Å². The van der Waals surface area contributed by atoms with Crippen molar-refractivity contribution in [1.82, 2.24) is 0 Å². The number of fused-ring (bicyclic) bond motifs is 3. The second-order valence-corrected chi connectivity index (χ2v) is 9.19. The zero-order valence-electron chi connectivity index (χ0n) is 17.1. The number of rotatable bonds is 14. The molecule has 5 unspecified atom stereocenters. The predicted octanol–water partition coefficient (Wildman–Crippen LogP) is 6.57. The highest BCUT2D eigenvalue weighted by Gasteiger charge is 2.44. The van der Waals surface area contributed by atoms with E-state index in [1.54, 1.807) is 0 Å². The maximum Gasteiger partial charge on any atom is 0.161 e. The molecule has 0 aromatic carbocycles. The molecule has 154 valence electrons. The number of unbranched alkanes of at least 4 members (excludes halogenated alkanes) is 7. The molecule has 2 saturated heterocycles. The SMILES string of the molecule is CCCCCCCCCC(C#N)CCCCC(=O)C1OC2CCC1CC2Cl. The molecule has 0 aromatic heterocycles. The number of nitriles is 1. The van der Waals surface area contributed by atoms with Crippen LogP contribution in [0.25, 0.3) is 0 Å². The summed E-state index contributed by atoms with van der Waals surface area (Å²) in [5.74, 6) is 0.748. The van der Waals surface area contributed by atoms with Crippen LogP contribution >= 0.6 is 11.6 Å². The van der Waals surface area contributed by atoms with E-state index in [2.05, 4.69) is 13.0 Å². The number of ether oxygens (including phenoxy) is 1. The lowest BCUT2D eigenvalue weighted by atomic mass is 9.78. The lowest BCUT2D eigenvalue weighted by Crippen LogP contribution is -2.50. The maximum absolute atomic E-state index is 12.5. The molecule has 4 heteroatoms. The van der Waals surface area contributed by atoms with Crippen LogP contribution < -0.4 is 0 Å². The Hall–Kier alpha value is -0.590. The smallest absolute Gasteiger partial charge is 0.161 e. The molecule has 0 radical (unpaired) electrons. The normalized spacial score (nSPS) is 28.0. The zero-order chi connectivity index (χ0) is 19.5. The molecule has 1 saturated carbocycles. The van der Waals surface area contributed by atoms with Gasteiger partial charge in [0, 0.05) is 12.3 Å². The number of halogens is 1. The van der Waals surface area contributed by atoms with Crippen LogP contribution in [0.3, 0.4) is 0 Å². The van der Waals surface area contributed by atoms with E-state index in [1.807, 2.05) is 0 Å². The Morgan fingerprint density at radius 2 is 1.74 bits per heavy atom. The van der Waals surface area contributed by atoms with Gasteiger partial charge in [-0.25, -0.2) is 0 Å². The van der Waals surface area contributed by atoms with E-state index in [0.717, 1.165) is 44.9 Å². The lowest BCUT2D eigenvalue weighted by molar-refractivity contribution is -0.157. The summed E-state index contributed by atoms with van der Waals surface area (Å²) in [6.07, 6.45) is 16.3. The Balaban J connectivity index is 1.52. The van der Waals surface area contributed by atoms with Crippen molar-refractivity contribution in [2.45, 2.75) is 121 Å². The average molecular weight is 396 g/mol. The number of carbonyl (C=O) groups excluding carboxylic acids is 1. The number of hydrogen-bond acceptors (Lipinski definition) is 3. The van der Waals surface area contributed by atoms with Gasteiger partial charge in [0.15, 0.2) is 5.78 Å². The second-order valence-electron chi connectivity index (χ2n) is 8.63. The summed E-state index contributed by atoms with van der Waals surface area (Å²) in [6, 6.07) is 2.47. The van der Waals surface area contributed by atoms with E-state index in [1.165, 1.54) is 44.9 Å². The van der Waals surface area contributed by atoms with Gasteiger partial charge in [-0.3, -0.25) is 4.79 Å². The molecule has 5 atom stereocenters. The molecular weight excluding hydrogens is 358 g/mol. The van der Waals surface area contributed by atoms with E-state index in [-0.39, 0.29) is 29.3 Å². The van der Waals surface area contributed by atoms with Crippen molar-refractivity contribution in [2.75, 3.05) is 0 Å². The van der Waals surface area contributed by atoms with Gasteiger partial charge in [0.25, 0.3) is 0 Å². The number of hydrogen-bond donors (Lipinski definition) is 0. The summed E-state index contributed by atoms with van der Waals surface area (Å²) >= 11 is 6.28. The van der Waals surface area contributed by atoms with E-state index in [0.29, 0.717) is 12.3 Å². The minimum atomic E-state index is -0.210. The van der Waals surface area contributed by atoms with Crippen molar-refractivity contribution < 1.29 is 9.53 Å². The van der Waals surface area contributed by atoms with Gasteiger partial charge in [-0.2, -0.15) is 5.26 Å². The molecule has 3 nitrogen and oxygen atoms in total. The van der Waals surface area contributed by atoms with Gasteiger partial charge in [0.05, 0.1) is 17.6 Å². The Labute approximate surface area is 171 Å². The lowest BCUT2D eigenvalue weighted by Gasteiger charge is -2.44. The van der Waals surface area contributed by atoms with Crippen molar-refractivity contribution in [3.63, 3.8) is 0 Å². The number of Topliss-reactive ketones (excluding diaryl/α,β-unsaturated/α-hetero) is 1. The molecule has 2 heterocycles. The molecule has 0 amide bonds. The van der Waals surface area contributed by atoms with Crippen molar-refractivity contribution in [2.24, 2.45) is 11.8 Å². The quantitative estimate of drug-likeness (QED) is 0.247. The van der Waals surface area contributed by atoms with E-state index in [4.69, 9.17) is 16.3 Å². The Bertz CT molecular complexity index is 475. The molecule has 0 spiro atoms. The second kappa shape index (κ2) is 12.8. The van der Waals surface area contributed by atoms with Crippen LogP contribution in [0.4, 0.5) is 0 Å². The average Bonchev–Trinajstić information content (AvgIpc) is 2.69. The molecule has 0 N–H and O–H groups in total. The molecule has 1 aliphatic carbocycles. The van der Waals surface area contributed by atoms with Gasteiger partial charge in [-0.05, 0) is 44.4 Å². The number of ketones is 1. The minimum absolute atomic E-state index is 0.0792. The highest BCUT2D eigenvalue weighted by Crippen LogP contribution is 2.40. The van der Waals surface area contributed by atoms with Crippen LogP contribution in [0.15, 0.2) is 0 Å². The summed E-state index contributed by atoms with van der Waals surface area (Å²) < 4.78 is 5.93. The molecule has 0 aromatic rings. The first-order chi connectivity index (χ1) is 13.2. The third-order valence-electron chi connectivity index (χ3n) is 6.38. The Morgan fingerprint density at radius 3 is 2.33 bits per heavy atom. The topological polar surface area (TPSA) is 50.1 Å². The molecular formula is C23H38ClNO2. The molecule has 2 bridgehead atoms. The summed E-state index contributed by atoms with van der Waals surface area (Å²) in [4.78, 5) is 12.5. The highest BCUT2D eigenvalue weighted by atomic mass is 35.5. The van der Waals surface area contributed by atoms with Crippen molar-refractivity contribution in [3.8, 4) is 6.07 Å². The van der Waals surface area contributed by atoms with Gasteiger partial charge < -0.3 is 4.74 Å². The third kappa shape index (κ3) is 7.74. The van der Waals surface area contributed by atoms with Crippen molar-refractivity contribution in [1.29, 1.82) is 5.26 Å². The Kier molecular flexibility index (Phi) is 10.7. The largest absolute Gasteiger partial charge is 0.365 e. The van der Waals surface area contributed by atoms with Crippen LogP contribution in [-0.2, 0) is 9.53 Å². The Morgan fingerprint density at radius 1 is 1.07 bits per heavy atom. The van der Waals surface area contributed by atoms with E-state index < -0.39 is 0 Å². The third-order valence-corrected chi connectivity index (χ3v) is 6.84. The number of nitrogens with zero attached hydrogens (tertiary/aromatic N) is 1. The molecule has 3 aliphatic rings. The van der Waals surface area contributed by atoms with Crippen LogP contribution in [0.2, 0.25) is 0 Å². The van der Waals surface area contributed by atoms with E-state index in [9.17, 15) is 10.1 Å². The molecule has 3 rings (SSSR count). The number of alkyl halides is 1. The maximum atomic E-state index is 12.5.